The van der Waals surface area contributed by atoms with Gasteiger partial charge in [-0.3, -0.25) is 0 Å². The second-order valence-corrected chi connectivity index (χ2v) is 8.16. The molecule has 110 valence electrons. The van der Waals surface area contributed by atoms with Crippen molar-refractivity contribution in [3.05, 3.63) is 29.3 Å². The molecular formula is C14H19ClN2O2S. The average Bonchev–Trinajstić information content (AvgIpc) is 2.82. The Morgan fingerprint density at radius 3 is 2.60 bits per heavy atom. The molecule has 1 heterocycles. The number of nitrogens with zero attached hydrogens (tertiary/aromatic N) is 1. The summed E-state index contributed by atoms with van der Waals surface area (Å²) in [6.45, 7) is 1.18. The molecule has 6 heteroatoms. The summed E-state index contributed by atoms with van der Waals surface area (Å²) in [5.41, 5.74) is 5.99. The van der Waals surface area contributed by atoms with Crippen LogP contribution in [0.15, 0.2) is 29.2 Å². The molecule has 1 aliphatic heterocycles. The lowest BCUT2D eigenvalue weighted by atomic mass is 9.79. The van der Waals surface area contributed by atoms with Gasteiger partial charge in [-0.15, -0.1) is 0 Å². The van der Waals surface area contributed by atoms with E-state index in [0.29, 0.717) is 29.9 Å². The van der Waals surface area contributed by atoms with Gasteiger partial charge >= 0.3 is 0 Å². The molecular weight excluding hydrogens is 296 g/mol. The molecule has 1 saturated heterocycles. The third-order valence-electron chi connectivity index (χ3n) is 4.51. The van der Waals surface area contributed by atoms with E-state index >= 15 is 0 Å². The van der Waals surface area contributed by atoms with Crippen LogP contribution < -0.4 is 5.73 Å². The molecule has 2 N–H and O–H groups in total. The first-order valence-corrected chi connectivity index (χ1v) is 8.80. The standard InChI is InChI=1S/C14H19ClN2O2S/c15-13-3-1-2-4-14(13)20(18,19)17-8-10-5-6-12(16)7-11(10)9-17/h1-4,10-12H,5-9,16H2/t10-,11+,12?/m1/s1. The normalized spacial score (nSPS) is 31.2. The molecule has 3 atom stereocenters. The lowest BCUT2D eigenvalue weighted by Gasteiger charge is -2.28. The fourth-order valence-electron chi connectivity index (χ4n) is 3.41. The van der Waals surface area contributed by atoms with Gasteiger partial charge in [0.05, 0.1) is 5.02 Å². The highest BCUT2D eigenvalue weighted by molar-refractivity contribution is 7.89. The number of hydrogen-bond acceptors (Lipinski definition) is 3. The first kappa shape index (κ1) is 14.3. The van der Waals surface area contributed by atoms with Crippen LogP contribution in [0.5, 0.6) is 0 Å². The van der Waals surface area contributed by atoms with Crippen LogP contribution in [0.4, 0.5) is 0 Å². The quantitative estimate of drug-likeness (QED) is 0.909. The zero-order valence-electron chi connectivity index (χ0n) is 11.2. The number of benzene rings is 1. The third-order valence-corrected chi connectivity index (χ3v) is 6.84. The van der Waals surface area contributed by atoms with Crippen molar-refractivity contribution in [1.82, 2.24) is 4.31 Å². The average molecular weight is 315 g/mol. The molecule has 1 saturated carbocycles. The van der Waals surface area contributed by atoms with E-state index in [1.165, 1.54) is 0 Å². The minimum Gasteiger partial charge on any atom is -0.328 e. The van der Waals surface area contributed by atoms with Gasteiger partial charge in [-0.2, -0.15) is 4.31 Å². The SMILES string of the molecule is NC1CC[C@@H]2CN(S(=O)(=O)c3ccccc3Cl)C[C@@H]2C1. The van der Waals surface area contributed by atoms with Crippen molar-refractivity contribution >= 4 is 21.6 Å². The minimum absolute atomic E-state index is 0.213. The van der Waals surface area contributed by atoms with E-state index in [4.69, 9.17) is 17.3 Å². The van der Waals surface area contributed by atoms with Crippen molar-refractivity contribution in [3.63, 3.8) is 0 Å². The Morgan fingerprint density at radius 2 is 1.85 bits per heavy atom. The third kappa shape index (κ3) is 2.48. The number of hydrogen-bond donors (Lipinski definition) is 1. The summed E-state index contributed by atoms with van der Waals surface area (Å²) < 4.78 is 27.0. The number of sulfonamides is 1. The second kappa shape index (κ2) is 5.30. The summed E-state index contributed by atoms with van der Waals surface area (Å²) in [4.78, 5) is 0.213. The van der Waals surface area contributed by atoms with E-state index in [2.05, 4.69) is 0 Å². The molecule has 20 heavy (non-hydrogen) atoms. The van der Waals surface area contributed by atoms with Crippen LogP contribution in [-0.2, 0) is 10.0 Å². The highest BCUT2D eigenvalue weighted by Crippen LogP contribution is 2.38. The molecule has 1 aliphatic carbocycles. The van der Waals surface area contributed by atoms with Crippen molar-refractivity contribution in [2.75, 3.05) is 13.1 Å². The summed E-state index contributed by atoms with van der Waals surface area (Å²) in [7, 11) is -3.48. The van der Waals surface area contributed by atoms with Crippen LogP contribution in [0.3, 0.4) is 0 Å². The van der Waals surface area contributed by atoms with E-state index in [9.17, 15) is 8.42 Å². The maximum Gasteiger partial charge on any atom is 0.244 e. The lowest BCUT2D eigenvalue weighted by Crippen LogP contribution is -2.32. The van der Waals surface area contributed by atoms with Crippen LogP contribution in [0.2, 0.25) is 5.02 Å². The van der Waals surface area contributed by atoms with Gasteiger partial charge in [-0.1, -0.05) is 23.7 Å². The number of halogens is 1. The predicted molar refractivity (Wildman–Crippen MR) is 79.0 cm³/mol. The van der Waals surface area contributed by atoms with E-state index in [0.717, 1.165) is 19.3 Å². The van der Waals surface area contributed by atoms with Gasteiger partial charge in [-0.05, 0) is 43.2 Å². The monoisotopic (exact) mass is 314 g/mol. The zero-order valence-corrected chi connectivity index (χ0v) is 12.8. The maximum absolute atomic E-state index is 12.7. The van der Waals surface area contributed by atoms with Crippen molar-refractivity contribution < 1.29 is 8.42 Å². The summed E-state index contributed by atoms with van der Waals surface area (Å²) in [5, 5.41) is 0.291. The van der Waals surface area contributed by atoms with Crippen LogP contribution >= 0.6 is 11.6 Å². The fraction of sp³-hybridized carbons (Fsp3) is 0.571. The predicted octanol–water partition coefficient (Wildman–Crippen LogP) is 2.09. The van der Waals surface area contributed by atoms with Gasteiger partial charge < -0.3 is 5.73 Å². The number of fused-ring (bicyclic) bond motifs is 1. The Balaban J connectivity index is 1.85. The summed E-state index contributed by atoms with van der Waals surface area (Å²) in [6, 6.07) is 6.86. The van der Waals surface area contributed by atoms with Crippen molar-refractivity contribution in [3.8, 4) is 0 Å². The summed E-state index contributed by atoms with van der Waals surface area (Å²) in [6.07, 6.45) is 2.96. The van der Waals surface area contributed by atoms with Crippen LogP contribution in [-0.4, -0.2) is 31.9 Å². The molecule has 3 rings (SSSR count). The minimum atomic E-state index is -3.48. The Kier molecular flexibility index (Phi) is 3.79. The molecule has 0 spiro atoms. The molecule has 1 unspecified atom stereocenters. The van der Waals surface area contributed by atoms with Gasteiger partial charge in [0.1, 0.15) is 4.90 Å². The van der Waals surface area contributed by atoms with Gasteiger partial charge in [0.25, 0.3) is 0 Å². The van der Waals surface area contributed by atoms with E-state index in [1.54, 1.807) is 28.6 Å². The Morgan fingerprint density at radius 1 is 1.15 bits per heavy atom. The topological polar surface area (TPSA) is 63.4 Å². The number of rotatable bonds is 2. The highest BCUT2D eigenvalue weighted by atomic mass is 35.5. The zero-order chi connectivity index (χ0) is 14.3. The Bertz CT molecular complexity index is 605. The molecule has 0 bridgehead atoms. The molecule has 2 fully saturated rings. The Hall–Kier alpha value is -0.620. The van der Waals surface area contributed by atoms with Gasteiger partial charge in [0, 0.05) is 19.1 Å². The van der Waals surface area contributed by atoms with E-state index in [-0.39, 0.29) is 10.9 Å². The van der Waals surface area contributed by atoms with Crippen LogP contribution in [0, 0.1) is 11.8 Å². The summed E-state index contributed by atoms with van der Waals surface area (Å²) in [5.74, 6) is 0.850. The van der Waals surface area contributed by atoms with Crippen LogP contribution in [0.25, 0.3) is 0 Å². The molecule has 1 aromatic carbocycles. The summed E-state index contributed by atoms with van der Waals surface area (Å²) >= 11 is 6.04. The van der Waals surface area contributed by atoms with E-state index in [1.807, 2.05) is 0 Å². The van der Waals surface area contributed by atoms with E-state index < -0.39 is 10.0 Å². The van der Waals surface area contributed by atoms with Gasteiger partial charge in [-0.25, -0.2) is 8.42 Å². The van der Waals surface area contributed by atoms with Crippen molar-refractivity contribution in [1.29, 1.82) is 0 Å². The molecule has 0 amide bonds. The van der Waals surface area contributed by atoms with Gasteiger partial charge in [0.2, 0.25) is 10.0 Å². The van der Waals surface area contributed by atoms with Crippen molar-refractivity contribution in [2.45, 2.75) is 30.2 Å². The molecule has 0 aromatic heterocycles. The smallest absolute Gasteiger partial charge is 0.244 e. The molecule has 0 radical (unpaired) electrons. The number of nitrogens with two attached hydrogens (primary N) is 1. The second-order valence-electron chi connectivity index (χ2n) is 5.85. The first-order chi connectivity index (χ1) is 9.48. The van der Waals surface area contributed by atoms with Gasteiger partial charge in [0.15, 0.2) is 0 Å². The van der Waals surface area contributed by atoms with Crippen molar-refractivity contribution in [2.24, 2.45) is 17.6 Å². The Labute approximate surface area is 125 Å². The van der Waals surface area contributed by atoms with Crippen LogP contribution in [0.1, 0.15) is 19.3 Å². The molecule has 1 aromatic rings. The fourth-order valence-corrected chi connectivity index (χ4v) is 5.46. The lowest BCUT2D eigenvalue weighted by molar-refractivity contribution is 0.271. The largest absolute Gasteiger partial charge is 0.328 e. The molecule has 2 aliphatic rings. The molecule has 4 nitrogen and oxygen atoms in total. The highest BCUT2D eigenvalue weighted by Gasteiger charge is 2.42. The maximum atomic E-state index is 12.7. The first-order valence-electron chi connectivity index (χ1n) is 6.98.